The van der Waals surface area contributed by atoms with Gasteiger partial charge in [-0.15, -0.1) is 0 Å². The van der Waals surface area contributed by atoms with Crippen LogP contribution in [0.4, 0.5) is 14.5 Å². The number of allylic oxidation sites excluding steroid dienone is 1. The molecule has 38 heavy (non-hydrogen) atoms. The lowest BCUT2D eigenvalue weighted by molar-refractivity contribution is -0.0355. The maximum absolute atomic E-state index is 14.3. The Morgan fingerprint density at radius 1 is 1.24 bits per heavy atom. The third-order valence-electron chi connectivity index (χ3n) is 7.14. The van der Waals surface area contributed by atoms with Crippen LogP contribution in [0.15, 0.2) is 53.8 Å². The average molecular weight is 516 g/mol. The lowest BCUT2D eigenvalue weighted by Gasteiger charge is -2.44. The van der Waals surface area contributed by atoms with Crippen molar-refractivity contribution >= 4 is 23.7 Å². The Morgan fingerprint density at radius 2 is 2.03 bits per heavy atom. The molecular weight excluding hydrogens is 488 g/mol. The molecule has 0 amide bonds. The topological polar surface area (TPSA) is 93.8 Å². The van der Waals surface area contributed by atoms with Gasteiger partial charge in [0.1, 0.15) is 29.0 Å². The third-order valence-corrected chi connectivity index (χ3v) is 7.14. The number of rotatable bonds is 5. The monoisotopic (exact) mass is 515 g/mol. The maximum Gasteiger partial charge on any atom is 0.144 e. The second-order valence-electron chi connectivity index (χ2n) is 9.42. The first-order chi connectivity index (χ1) is 18.4. The van der Waals surface area contributed by atoms with E-state index in [1.807, 2.05) is 19.1 Å². The number of piperidine rings is 1. The molecule has 3 aromatic rings. The van der Waals surface area contributed by atoms with E-state index >= 15 is 0 Å². The van der Waals surface area contributed by atoms with Gasteiger partial charge in [0.05, 0.1) is 18.4 Å². The molecule has 194 valence electrons. The highest BCUT2D eigenvalue weighted by Gasteiger charge is 2.34. The molecule has 0 aliphatic carbocycles. The van der Waals surface area contributed by atoms with Gasteiger partial charge in [0.2, 0.25) is 0 Å². The summed E-state index contributed by atoms with van der Waals surface area (Å²) in [5.74, 6) is -1.51. The van der Waals surface area contributed by atoms with Crippen LogP contribution in [-0.4, -0.2) is 60.1 Å². The molecule has 2 aliphatic rings. The molecule has 5 rings (SSSR count). The molecule has 2 N–H and O–H groups in total. The number of aliphatic imine (C=N–C) groups is 1. The predicted molar refractivity (Wildman–Crippen MR) is 142 cm³/mol. The molecule has 2 atom stereocenters. The number of aromatic nitrogens is 1. The molecule has 0 bridgehead atoms. The first kappa shape index (κ1) is 25.5. The van der Waals surface area contributed by atoms with E-state index in [9.17, 15) is 19.1 Å². The van der Waals surface area contributed by atoms with Gasteiger partial charge in [0.25, 0.3) is 0 Å². The van der Waals surface area contributed by atoms with E-state index in [1.54, 1.807) is 12.1 Å². The van der Waals surface area contributed by atoms with Crippen molar-refractivity contribution in [1.29, 1.82) is 5.26 Å². The van der Waals surface area contributed by atoms with Crippen LogP contribution in [0.3, 0.4) is 0 Å². The number of fused-ring (bicyclic) bond motifs is 1. The van der Waals surface area contributed by atoms with Crippen LogP contribution in [0.2, 0.25) is 0 Å². The summed E-state index contributed by atoms with van der Waals surface area (Å²) in [6.07, 6.45) is 3.57. The van der Waals surface area contributed by atoms with Crippen LogP contribution < -0.4 is 5.32 Å². The summed E-state index contributed by atoms with van der Waals surface area (Å²) in [7, 11) is 0. The van der Waals surface area contributed by atoms with Crippen molar-refractivity contribution in [3.8, 4) is 22.9 Å². The van der Waals surface area contributed by atoms with Crippen molar-refractivity contribution < 1.29 is 18.6 Å². The van der Waals surface area contributed by atoms with E-state index < -0.39 is 11.6 Å². The lowest BCUT2D eigenvalue weighted by atomic mass is 9.92. The zero-order valence-electron chi connectivity index (χ0n) is 20.9. The number of likely N-dealkylation sites (tertiary alicyclic amines) is 1. The van der Waals surface area contributed by atoms with Crippen LogP contribution in [0.1, 0.15) is 30.0 Å². The molecule has 2 aromatic carbocycles. The largest absolute Gasteiger partial charge is 0.506 e. The molecule has 7 nitrogen and oxygen atoms in total. The van der Waals surface area contributed by atoms with Crippen molar-refractivity contribution in [2.75, 3.05) is 26.2 Å². The summed E-state index contributed by atoms with van der Waals surface area (Å²) in [5, 5.41) is 23.6. The fraction of sp³-hybridized carbons (Fsp3) is 0.276. The number of ether oxygens (including phenoxy) is 1. The molecule has 3 heterocycles. The Bertz CT molecular complexity index is 1450. The Labute approximate surface area is 219 Å². The molecule has 0 radical (unpaired) electrons. The average Bonchev–Trinajstić information content (AvgIpc) is 2.92. The maximum atomic E-state index is 14.3. The van der Waals surface area contributed by atoms with Gasteiger partial charge in [-0.05, 0) is 61.0 Å². The zero-order chi connectivity index (χ0) is 26.8. The minimum Gasteiger partial charge on any atom is -0.506 e. The van der Waals surface area contributed by atoms with Gasteiger partial charge in [-0.2, -0.15) is 5.26 Å². The number of aromatic hydroxyl groups is 1. The van der Waals surface area contributed by atoms with Gasteiger partial charge in [0, 0.05) is 61.0 Å². The first-order valence-corrected chi connectivity index (χ1v) is 12.4. The zero-order valence-corrected chi connectivity index (χ0v) is 20.9. The quantitative estimate of drug-likeness (QED) is 0.371. The number of nitrogens with zero attached hydrogens (tertiary/aromatic N) is 4. The van der Waals surface area contributed by atoms with Crippen LogP contribution in [0.5, 0.6) is 5.75 Å². The SMILES string of the molecule is C=Nc1ccc(-c2cncc(C#N)c2O)cc1/C(=C(\C)c1cc(F)cc(F)c1)N1CCC2NCCO[C@@H]2C1. The van der Waals surface area contributed by atoms with Gasteiger partial charge < -0.3 is 20.1 Å². The van der Waals surface area contributed by atoms with Gasteiger partial charge in [-0.1, -0.05) is 6.07 Å². The number of halogens is 2. The number of nitriles is 1. The second kappa shape index (κ2) is 10.7. The van der Waals surface area contributed by atoms with E-state index in [-0.39, 0.29) is 23.5 Å². The smallest absolute Gasteiger partial charge is 0.144 e. The highest BCUT2D eigenvalue weighted by molar-refractivity contribution is 5.94. The number of benzene rings is 2. The van der Waals surface area contributed by atoms with Crippen molar-refractivity contribution in [2.24, 2.45) is 4.99 Å². The lowest BCUT2D eigenvalue weighted by Crippen LogP contribution is -2.57. The van der Waals surface area contributed by atoms with E-state index in [1.165, 1.54) is 24.5 Å². The second-order valence-corrected chi connectivity index (χ2v) is 9.42. The Kier molecular flexibility index (Phi) is 7.18. The van der Waals surface area contributed by atoms with Crippen LogP contribution in [-0.2, 0) is 4.74 Å². The van der Waals surface area contributed by atoms with Gasteiger partial charge in [-0.3, -0.25) is 9.98 Å². The third kappa shape index (κ3) is 4.88. The Hall–Kier alpha value is -4.13. The first-order valence-electron chi connectivity index (χ1n) is 12.4. The standard InChI is InChI=1S/C29H27F2N5O2/c1-17(19-9-21(30)12-22(31)10-19)28(36-7-5-26-27(16-36)38-8-6-35-26)23-11-18(3-4-25(23)33-2)24-15-34-14-20(13-32)29(24)37/h3-4,9-12,14-15,26-27,35H,2,5-8,16H2,1H3,(H,34,37)/b28-17-/t26?,27-/m1/s1. The van der Waals surface area contributed by atoms with E-state index in [0.717, 1.165) is 24.7 Å². The number of nitrogens with one attached hydrogen (secondary N) is 1. The molecule has 0 saturated carbocycles. The number of morpholine rings is 1. The molecular formula is C29H27F2N5O2. The molecule has 1 aromatic heterocycles. The Balaban J connectivity index is 1.70. The number of hydrogen-bond donors (Lipinski definition) is 2. The summed E-state index contributed by atoms with van der Waals surface area (Å²) in [6, 6.07) is 11.0. The fourth-order valence-corrected chi connectivity index (χ4v) is 5.27. The summed E-state index contributed by atoms with van der Waals surface area (Å²) in [5.41, 5.74) is 4.07. The molecule has 2 aliphatic heterocycles. The van der Waals surface area contributed by atoms with Gasteiger partial charge in [0.15, 0.2) is 0 Å². The highest BCUT2D eigenvalue weighted by atomic mass is 19.1. The van der Waals surface area contributed by atoms with Crippen LogP contribution in [0, 0.1) is 23.0 Å². The molecule has 2 fully saturated rings. The van der Waals surface area contributed by atoms with Crippen molar-refractivity contribution in [2.45, 2.75) is 25.5 Å². The number of pyridine rings is 1. The van der Waals surface area contributed by atoms with Gasteiger partial charge in [-0.25, -0.2) is 8.78 Å². The molecule has 2 saturated heterocycles. The van der Waals surface area contributed by atoms with E-state index in [2.05, 4.69) is 26.9 Å². The highest BCUT2D eigenvalue weighted by Crippen LogP contribution is 2.40. The van der Waals surface area contributed by atoms with Crippen molar-refractivity contribution in [3.05, 3.63) is 77.1 Å². The van der Waals surface area contributed by atoms with Crippen LogP contribution >= 0.6 is 0 Å². The minimum absolute atomic E-state index is 0.0478. The fourth-order valence-electron chi connectivity index (χ4n) is 5.27. The van der Waals surface area contributed by atoms with Crippen molar-refractivity contribution in [3.63, 3.8) is 0 Å². The van der Waals surface area contributed by atoms with Crippen molar-refractivity contribution in [1.82, 2.24) is 15.2 Å². The van der Waals surface area contributed by atoms with Gasteiger partial charge >= 0.3 is 0 Å². The normalized spacial score (nSPS) is 19.8. The minimum atomic E-state index is -0.669. The molecule has 9 heteroatoms. The van der Waals surface area contributed by atoms with E-state index in [0.29, 0.717) is 53.2 Å². The summed E-state index contributed by atoms with van der Waals surface area (Å²) >= 11 is 0. The predicted octanol–water partition coefficient (Wildman–Crippen LogP) is 4.89. The summed E-state index contributed by atoms with van der Waals surface area (Å²) < 4.78 is 34.6. The van der Waals surface area contributed by atoms with Crippen LogP contribution in [0.25, 0.3) is 22.4 Å². The number of hydrogen-bond acceptors (Lipinski definition) is 7. The Morgan fingerprint density at radius 3 is 2.76 bits per heavy atom. The molecule has 1 unspecified atom stereocenters. The molecule has 0 spiro atoms. The van der Waals surface area contributed by atoms with E-state index in [4.69, 9.17) is 4.74 Å². The summed E-state index contributed by atoms with van der Waals surface area (Å²) in [4.78, 5) is 10.5. The summed E-state index contributed by atoms with van der Waals surface area (Å²) in [6.45, 7) is 8.23.